The lowest BCUT2D eigenvalue weighted by Gasteiger charge is -2.13. The lowest BCUT2D eigenvalue weighted by molar-refractivity contribution is -0.119. The Morgan fingerprint density at radius 1 is 1.03 bits per heavy atom. The number of anilines is 1. The van der Waals surface area contributed by atoms with Crippen molar-refractivity contribution in [1.82, 2.24) is 15.0 Å². The molecule has 0 saturated heterocycles. The van der Waals surface area contributed by atoms with Gasteiger partial charge in [0.1, 0.15) is 16.3 Å². The summed E-state index contributed by atoms with van der Waals surface area (Å²) in [5, 5.41) is 6.55. The molecule has 0 unspecified atom stereocenters. The second kappa shape index (κ2) is 10.4. The Labute approximate surface area is 211 Å². The third kappa shape index (κ3) is 4.96. The maximum absolute atomic E-state index is 11.1. The van der Waals surface area contributed by atoms with Crippen LogP contribution in [0.1, 0.15) is 5.56 Å². The van der Waals surface area contributed by atoms with Gasteiger partial charge in [0.2, 0.25) is 0 Å². The summed E-state index contributed by atoms with van der Waals surface area (Å²) in [7, 11) is 1.55. The van der Waals surface area contributed by atoms with Crippen molar-refractivity contribution in [2.45, 2.75) is 6.54 Å². The average molecular weight is 498 g/mol. The standard InChI is InChI=1S/C27H23N5O3S/c1-34-22-13-17(10-11-21(22)35-15-23(28)33)14-30-26-24-19(18-7-3-2-4-8-18)16-36-27(24)32-25(31-26)20-9-5-6-12-29-20/h2-13,16H,14-15H2,1H3,(H2,28,33)(H,30,31,32). The zero-order chi connectivity index (χ0) is 24.9. The van der Waals surface area contributed by atoms with E-state index in [0.717, 1.165) is 26.9 Å². The van der Waals surface area contributed by atoms with Gasteiger partial charge >= 0.3 is 0 Å². The van der Waals surface area contributed by atoms with Gasteiger partial charge in [0.15, 0.2) is 23.9 Å². The normalized spacial score (nSPS) is 10.8. The number of thiophene rings is 1. The van der Waals surface area contributed by atoms with E-state index < -0.39 is 5.91 Å². The van der Waals surface area contributed by atoms with Gasteiger partial charge in [-0.05, 0) is 35.4 Å². The fourth-order valence-corrected chi connectivity index (χ4v) is 4.73. The van der Waals surface area contributed by atoms with Crippen LogP contribution >= 0.6 is 11.3 Å². The largest absolute Gasteiger partial charge is 0.493 e. The van der Waals surface area contributed by atoms with Gasteiger partial charge in [0.05, 0.1) is 12.5 Å². The number of pyridine rings is 1. The Hall–Kier alpha value is -4.50. The molecule has 0 atom stereocenters. The second-order valence-electron chi connectivity index (χ2n) is 7.90. The van der Waals surface area contributed by atoms with Gasteiger partial charge in [-0.3, -0.25) is 9.78 Å². The summed E-state index contributed by atoms with van der Waals surface area (Å²) in [6.45, 7) is 0.258. The van der Waals surface area contributed by atoms with Crippen molar-refractivity contribution in [3.8, 4) is 34.1 Å². The average Bonchev–Trinajstić information content (AvgIpc) is 3.36. The number of benzene rings is 2. The van der Waals surface area contributed by atoms with Crippen LogP contribution in [0.5, 0.6) is 11.5 Å². The highest BCUT2D eigenvalue weighted by Gasteiger charge is 2.17. The molecular weight excluding hydrogens is 474 g/mol. The minimum absolute atomic E-state index is 0.219. The lowest BCUT2D eigenvalue weighted by Crippen LogP contribution is -2.20. The maximum Gasteiger partial charge on any atom is 0.255 e. The number of amides is 1. The van der Waals surface area contributed by atoms with Crippen LogP contribution in [0.3, 0.4) is 0 Å². The Morgan fingerprint density at radius 3 is 2.61 bits per heavy atom. The molecule has 8 nitrogen and oxygen atoms in total. The molecule has 0 fully saturated rings. The summed E-state index contributed by atoms with van der Waals surface area (Å²) in [5.74, 6) is 1.68. The number of nitrogens with one attached hydrogen (secondary N) is 1. The summed E-state index contributed by atoms with van der Waals surface area (Å²) >= 11 is 1.58. The van der Waals surface area contributed by atoms with E-state index in [9.17, 15) is 4.79 Å². The predicted molar refractivity (Wildman–Crippen MR) is 141 cm³/mol. The van der Waals surface area contributed by atoms with E-state index in [0.29, 0.717) is 35.4 Å². The summed E-state index contributed by atoms with van der Waals surface area (Å²) in [6, 6.07) is 21.4. The molecule has 0 spiro atoms. The van der Waals surface area contributed by atoms with Gasteiger partial charge in [0, 0.05) is 23.7 Å². The molecule has 5 aromatic rings. The van der Waals surface area contributed by atoms with E-state index in [1.165, 1.54) is 0 Å². The number of nitrogens with zero attached hydrogens (tertiary/aromatic N) is 3. The third-order valence-electron chi connectivity index (χ3n) is 5.47. The zero-order valence-corrected chi connectivity index (χ0v) is 20.3. The van der Waals surface area contributed by atoms with Gasteiger partial charge in [0.25, 0.3) is 5.91 Å². The van der Waals surface area contributed by atoms with Crippen molar-refractivity contribution in [2.75, 3.05) is 19.0 Å². The molecule has 3 aromatic heterocycles. The van der Waals surface area contributed by atoms with Crippen LogP contribution in [0.2, 0.25) is 0 Å². The Bertz CT molecular complexity index is 1510. The SMILES string of the molecule is COc1cc(CNc2nc(-c3ccccn3)nc3scc(-c4ccccc4)c23)ccc1OCC(N)=O. The van der Waals surface area contributed by atoms with E-state index in [1.807, 2.05) is 48.5 Å². The molecule has 0 aliphatic heterocycles. The van der Waals surface area contributed by atoms with E-state index in [-0.39, 0.29) is 6.61 Å². The van der Waals surface area contributed by atoms with E-state index >= 15 is 0 Å². The monoisotopic (exact) mass is 497 g/mol. The van der Waals surface area contributed by atoms with Crippen molar-refractivity contribution in [2.24, 2.45) is 5.73 Å². The molecule has 3 N–H and O–H groups in total. The quantitative estimate of drug-likeness (QED) is 0.298. The zero-order valence-electron chi connectivity index (χ0n) is 19.5. The third-order valence-corrected chi connectivity index (χ3v) is 6.34. The molecular formula is C27H23N5O3S. The number of carbonyl (C=O) groups excluding carboxylic acids is 1. The molecule has 9 heteroatoms. The molecule has 2 aromatic carbocycles. The minimum Gasteiger partial charge on any atom is -0.493 e. The molecule has 3 heterocycles. The first kappa shape index (κ1) is 23.3. The van der Waals surface area contributed by atoms with Crippen LogP contribution < -0.4 is 20.5 Å². The summed E-state index contributed by atoms with van der Waals surface area (Å²) < 4.78 is 10.9. The highest BCUT2D eigenvalue weighted by atomic mass is 32.1. The summed E-state index contributed by atoms with van der Waals surface area (Å²) in [6.07, 6.45) is 1.73. The smallest absolute Gasteiger partial charge is 0.255 e. The number of aromatic nitrogens is 3. The Kier molecular flexibility index (Phi) is 6.72. The molecule has 0 bridgehead atoms. The van der Waals surface area contributed by atoms with Gasteiger partial charge in [-0.2, -0.15) is 0 Å². The van der Waals surface area contributed by atoms with Gasteiger partial charge in [-0.25, -0.2) is 9.97 Å². The van der Waals surface area contributed by atoms with Crippen LogP contribution in [-0.2, 0) is 11.3 Å². The number of hydrogen-bond acceptors (Lipinski definition) is 8. The molecule has 180 valence electrons. The first-order valence-corrected chi connectivity index (χ1v) is 12.1. The topological polar surface area (TPSA) is 112 Å². The highest BCUT2D eigenvalue weighted by molar-refractivity contribution is 7.17. The highest BCUT2D eigenvalue weighted by Crippen LogP contribution is 2.38. The first-order valence-electron chi connectivity index (χ1n) is 11.2. The molecule has 0 aliphatic rings. The van der Waals surface area contributed by atoms with Crippen molar-refractivity contribution >= 4 is 33.3 Å². The molecule has 5 rings (SSSR count). The summed E-state index contributed by atoms with van der Waals surface area (Å²) in [4.78, 5) is 26.1. The number of hydrogen-bond donors (Lipinski definition) is 2. The Balaban J connectivity index is 1.51. The van der Waals surface area contributed by atoms with Crippen molar-refractivity contribution in [3.05, 3.63) is 83.9 Å². The fourth-order valence-electron chi connectivity index (χ4n) is 3.79. The number of methoxy groups -OCH3 is 1. The van der Waals surface area contributed by atoms with E-state index in [2.05, 4.69) is 27.8 Å². The van der Waals surface area contributed by atoms with Crippen molar-refractivity contribution in [3.63, 3.8) is 0 Å². The van der Waals surface area contributed by atoms with Crippen LogP contribution in [-0.4, -0.2) is 34.6 Å². The molecule has 0 aliphatic carbocycles. The summed E-state index contributed by atoms with van der Waals surface area (Å²) in [5.41, 5.74) is 9.00. The lowest BCUT2D eigenvalue weighted by atomic mass is 10.1. The predicted octanol–water partition coefficient (Wildman–Crippen LogP) is 4.91. The van der Waals surface area contributed by atoms with Crippen LogP contribution in [0.25, 0.3) is 32.9 Å². The number of primary amides is 1. The number of fused-ring (bicyclic) bond motifs is 1. The van der Waals surface area contributed by atoms with E-state index in [4.69, 9.17) is 25.2 Å². The Morgan fingerprint density at radius 2 is 1.86 bits per heavy atom. The van der Waals surface area contributed by atoms with Crippen molar-refractivity contribution in [1.29, 1.82) is 0 Å². The van der Waals surface area contributed by atoms with Gasteiger partial charge in [-0.1, -0.05) is 42.5 Å². The molecule has 0 saturated carbocycles. The minimum atomic E-state index is -0.552. The van der Waals surface area contributed by atoms with Gasteiger partial charge < -0.3 is 20.5 Å². The second-order valence-corrected chi connectivity index (χ2v) is 8.76. The van der Waals surface area contributed by atoms with Crippen LogP contribution in [0.15, 0.2) is 78.3 Å². The molecule has 0 radical (unpaired) electrons. The number of ether oxygens (including phenoxy) is 2. The van der Waals surface area contributed by atoms with Crippen molar-refractivity contribution < 1.29 is 14.3 Å². The van der Waals surface area contributed by atoms with Crippen LogP contribution in [0, 0.1) is 0 Å². The number of rotatable bonds is 9. The fraction of sp³-hybridized carbons (Fsp3) is 0.111. The molecule has 36 heavy (non-hydrogen) atoms. The number of carbonyl (C=O) groups is 1. The first-order chi connectivity index (χ1) is 17.6. The van der Waals surface area contributed by atoms with E-state index in [1.54, 1.807) is 30.7 Å². The maximum atomic E-state index is 11.1. The van der Waals surface area contributed by atoms with Gasteiger partial charge in [-0.15, -0.1) is 11.3 Å². The van der Waals surface area contributed by atoms with Crippen LogP contribution in [0.4, 0.5) is 5.82 Å². The number of nitrogens with two attached hydrogens (primary N) is 1. The molecule has 1 amide bonds.